The van der Waals surface area contributed by atoms with Gasteiger partial charge in [-0.15, -0.1) is 12.4 Å². The van der Waals surface area contributed by atoms with E-state index in [9.17, 15) is 9.59 Å². The van der Waals surface area contributed by atoms with Crippen LogP contribution in [-0.4, -0.2) is 34.7 Å². The molecule has 0 aliphatic carbocycles. The van der Waals surface area contributed by atoms with Crippen LogP contribution < -0.4 is 16.0 Å². The molecule has 3 N–H and O–H groups in total. The van der Waals surface area contributed by atoms with Crippen LogP contribution in [0.1, 0.15) is 39.7 Å². The average Bonchev–Trinajstić information content (AvgIpc) is 3.41. The lowest BCUT2D eigenvalue weighted by atomic mass is 10.1. The van der Waals surface area contributed by atoms with Crippen LogP contribution in [0.2, 0.25) is 0 Å². The van der Waals surface area contributed by atoms with E-state index in [1.54, 1.807) is 36.4 Å². The highest BCUT2D eigenvalue weighted by Gasteiger charge is 2.18. The fourth-order valence-corrected chi connectivity index (χ4v) is 3.19. The molecule has 29 heavy (non-hydrogen) atoms. The normalized spacial score (nSPS) is 15.9. The Morgan fingerprint density at radius 1 is 1.14 bits per heavy atom. The molecule has 3 heterocycles. The molecule has 1 aromatic carbocycles. The number of anilines is 2. The van der Waals surface area contributed by atoms with Crippen molar-refractivity contribution >= 4 is 35.6 Å². The van der Waals surface area contributed by atoms with Crippen molar-refractivity contribution in [3.8, 4) is 0 Å². The number of nitrogens with zero attached hydrogens (tertiary/aromatic N) is 2. The molecule has 1 saturated heterocycles. The molecule has 2 amide bonds. The Balaban J connectivity index is 0.00000240. The number of hydrogen-bond acceptors (Lipinski definition) is 5. The maximum absolute atomic E-state index is 12.5. The molecule has 152 valence electrons. The van der Waals surface area contributed by atoms with Crippen molar-refractivity contribution in [1.29, 1.82) is 0 Å². The molecule has 8 nitrogen and oxygen atoms in total. The minimum atomic E-state index is -0.291. The fourth-order valence-electron chi connectivity index (χ4n) is 3.19. The first kappa shape index (κ1) is 20.6. The smallest absolute Gasteiger partial charge is 0.276 e. The number of furan rings is 1. The van der Waals surface area contributed by atoms with Crippen molar-refractivity contribution in [3.05, 3.63) is 66.4 Å². The summed E-state index contributed by atoms with van der Waals surface area (Å²) in [7, 11) is 0. The van der Waals surface area contributed by atoms with Crippen molar-refractivity contribution in [2.75, 3.05) is 23.7 Å². The third-order valence-electron chi connectivity index (χ3n) is 4.65. The van der Waals surface area contributed by atoms with Gasteiger partial charge in [0.25, 0.3) is 11.8 Å². The maximum Gasteiger partial charge on any atom is 0.276 e. The largest absolute Gasteiger partial charge is 0.472 e. The first-order valence-corrected chi connectivity index (χ1v) is 9.20. The molecule has 1 unspecified atom stereocenters. The first-order chi connectivity index (χ1) is 13.7. The lowest BCUT2D eigenvalue weighted by Crippen LogP contribution is -2.32. The molecule has 9 heteroatoms. The standard InChI is InChI=1S/C20H21N5O3.ClH/c26-19(14-7-10-28-13-14)22-15-3-1-4-16(11-15)23-20(27)18-6-9-25(24-18)17-5-2-8-21-12-17;/h1,3-4,6-7,9-11,13,17,21H,2,5,8,12H2,(H,22,26)(H,23,27);1H. The number of benzene rings is 1. The van der Waals surface area contributed by atoms with Crippen molar-refractivity contribution in [1.82, 2.24) is 15.1 Å². The number of amides is 2. The molecule has 0 spiro atoms. The van der Waals surface area contributed by atoms with Crippen molar-refractivity contribution in [2.45, 2.75) is 18.9 Å². The summed E-state index contributed by atoms with van der Waals surface area (Å²) in [4.78, 5) is 24.6. The van der Waals surface area contributed by atoms with Gasteiger partial charge in [-0.2, -0.15) is 5.10 Å². The number of halogens is 1. The molecule has 1 fully saturated rings. The molecule has 2 aromatic heterocycles. The van der Waals surface area contributed by atoms with Crippen LogP contribution in [0.25, 0.3) is 0 Å². The van der Waals surface area contributed by atoms with Gasteiger partial charge in [0.1, 0.15) is 6.26 Å². The molecule has 0 saturated carbocycles. The summed E-state index contributed by atoms with van der Waals surface area (Å²) in [6, 6.07) is 10.5. The highest BCUT2D eigenvalue weighted by molar-refractivity contribution is 6.05. The van der Waals surface area contributed by atoms with Gasteiger partial charge in [0, 0.05) is 24.1 Å². The van der Waals surface area contributed by atoms with Gasteiger partial charge < -0.3 is 20.4 Å². The van der Waals surface area contributed by atoms with Gasteiger partial charge in [0.2, 0.25) is 0 Å². The highest BCUT2D eigenvalue weighted by Crippen LogP contribution is 2.18. The second kappa shape index (κ2) is 9.40. The third kappa shape index (κ3) is 5.04. The van der Waals surface area contributed by atoms with Crippen LogP contribution in [0.4, 0.5) is 11.4 Å². The van der Waals surface area contributed by atoms with Crippen molar-refractivity contribution in [3.63, 3.8) is 0 Å². The summed E-state index contributed by atoms with van der Waals surface area (Å²) in [6.45, 7) is 1.89. The van der Waals surface area contributed by atoms with E-state index in [0.29, 0.717) is 22.6 Å². The fraction of sp³-hybridized carbons (Fsp3) is 0.250. The first-order valence-electron chi connectivity index (χ1n) is 9.20. The molecule has 4 rings (SSSR count). The Labute approximate surface area is 174 Å². The number of aromatic nitrogens is 2. The Hall–Kier alpha value is -3.10. The molecular weight excluding hydrogens is 394 g/mol. The molecule has 1 aliphatic heterocycles. The lowest BCUT2D eigenvalue weighted by Gasteiger charge is -2.22. The Morgan fingerprint density at radius 2 is 1.93 bits per heavy atom. The Kier molecular flexibility index (Phi) is 6.69. The second-order valence-corrected chi connectivity index (χ2v) is 6.68. The van der Waals surface area contributed by atoms with E-state index >= 15 is 0 Å². The summed E-state index contributed by atoms with van der Waals surface area (Å²) in [5.74, 6) is -0.571. The predicted octanol–water partition coefficient (Wildman–Crippen LogP) is 3.33. The maximum atomic E-state index is 12.5. The number of carbonyl (C=O) groups is 2. The van der Waals surface area contributed by atoms with Crippen LogP contribution in [-0.2, 0) is 0 Å². The van der Waals surface area contributed by atoms with Crippen LogP contribution in [0, 0.1) is 0 Å². The van der Waals surface area contributed by atoms with Gasteiger partial charge in [-0.1, -0.05) is 6.07 Å². The zero-order valence-electron chi connectivity index (χ0n) is 15.6. The zero-order chi connectivity index (χ0) is 19.3. The Morgan fingerprint density at radius 3 is 2.62 bits per heavy atom. The molecule has 0 radical (unpaired) electrons. The van der Waals surface area contributed by atoms with Gasteiger partial charge in [0.05, 0.1) is 17.9 Å². The van der Waals surface area contributed by atoms with Crippen molar-refractivity contribution in [2.24, 2.45) is 0 Å². The minimum absolute atomic E-state index is 0. The zero-order valence-corrected chi connectivity index (χ0v) is 16.4. The Bertz CT molecular complexity index is 964. The number of carbonyl (C=O) groups excluding carboxylic acids is 2. The van der Waals surface area contributed by atoms with E-state index in [4.69, 9.17) is 4.42 Å². The van der Waals surface area contributed by atoms with Gasteiger partial charge in [-0.05, 0) is 49.7 Å². The van der Waals surface area contributed by atoms with Crippen LogP contribution in [0.3, 0.4) is 0 Å². The summed E-state index contributed by atoms with van der Waals surface area (Å²) < 4.78 is 6.76. The van der Waals surface area contributed by atoms with Gasteiger partial charge in [0.15, 0.2) is 5.69 Å². The summed E-state index contributed by atoms with van der Waals surface area (Å²) in [5, 5.41) is 13.4. The monoisotopic (exact) mass is 415 g/mol. The van der Waals surface area contributed by atoms with Gasteiger partial charge in [-0.25, -0.2) is 0 Å². The van der Waals surface area contributed by atoms with Crippen LogP contribution in [0.5, 0.6) is 0 Å². The quantitative estimate of drug-likeness (QED) is 0.593. The van der Waals surface area contributed by atoms with Crippen molar-refractivity contribution < 1.29 is 14.0 Å². The average molecular weight is 416 g/mol. The molecule has 0 bridgehead atoms. The topological polar surface area (TPSA) is 101 Å². The van der Waals surface area contributed by atoms with E-state index in [1.165, 1.54) is 12.5 Å². The number of nitrogens with one attached hydrogen (secondary N) is 3. The number of hydrogen-bond donors (Lipinski definition) is 3. The van der Waals surface area contributed by atoms with Crippen LogP contribution >= 0.6 is 12.4 Å². The molecule has 1 atom stereocenters. The van der Waals surface area contributed by atoms with E-state index in [2.05, 4.69) is 21.0 Å². The van der Waals surface area contributed by atoms with E-state index in [1.807, 2.05) is 10.9 Å². The minimum Gasteiger partial charge on any atom is -0.472 e. The number of piperidine rings is 1. The molecular formula is C20H22ClN5O3. The molecule has 3 aromatic rings. The van der Waals surface area contributed by atoms with Crippen LogP contribution in [0.15, 0.2) is 59.5 Å². The summed E-state index contributed by atoms with van der Waals surface area (Å²) in [5.41, 5.74) is 1.93. The molecule has 1 aliphatic rings. The SMILES string of the molecule is Cl.O=C(Nc1cccc(NC(=O)c2ccn(C3CCCNC3)n2)c1)c1ccoc1. The van der Waals surface area contributed by atoms with Gasteiger partial charge >= 0.3 is 0 Å². The number of rotatable bonds is 5. The van der Waals surface area contributed by atoms with E-state index in [0.717, 1.165) is 25.9 Å². The summed E-state index contributed by atoms with van der Waals surface area (Å²) >= 11 is 0. The predicted molar refractivity (Wildman–Crippen MR) is 112 cm³/mol. The third-order valence-corrected chi connectivity index (χ3v) is 4.65. The van der Waals surface area contributed by atoms with Gasteiger partial charge in [-0.3, -0.25) is 14.3 Å². The highest BCUT2D eigenvalue weighted by atomic mass is 35.5. The lowest BCUT2D eigenvalue weighted by molar-refractivity contribution is 0.101. The summed E-state index contributed by atoms with van der Waals surface area (Å²) in [6.07, 6.45) is 6.80. The van der Waals surface area contributed by atoms with E-state index < -0.39 is 0 Å². The second-order valence-electron chi connectivity index (χ2n) is 6.68. The van der Waals surface area contributed by atoms with E-state index in [-0.39, 0.29) is 30.3 Å².